The molecule has 0 aromatic rings. The molecule has 0 saturated heterocycles. The third-order valence-corrected chi connectivity index (χ3v) is 15.3. The molecule has 6 nitrogen and oxygen atoms in total. The molecule has 0 saturated carbocycles. The molecule has 0 aromatic carbocycles. The van der Waals surface area contributed by atoms with Gasteiger partial charge in [0.15, 0.2) is 6.10 Å². The maximum atomic E-state index is 12.9. The van der Waals surface area contributed by atoms with E-state index in [-0.39, 0.29) is 31.1 Å². The van der Waals surface area contributed by atoms with E-state index in [1.165, 1.54) is 186 Å². The predicted octanol–water partition coefficient (Wildman–Crippen LogP) is 24.6. The lowest BCUT2D eigenvalue weighted by atomic mass is 10.0. The van der Waals surface area contributed by atoms with Crippen molar-refractivity contribution in [2.45, 2.75) is 348 Å². The molecule has 0 heterocycles. The van der Waals surface area contributed by atoms with E-state index in [4.69, 9.17) is 14.2 Å². The Morgan fingerprint density at radius 2 is 0.470 bits per heavy atom. The maximum absolute atomic E-state index is 12.9. The van der Waals surface area contributed by atoms with Crippen molar-refractivity contribution in [2.24, 2.45) is 0 Å². The number of carbonyl (C=O) groups is 3. The molecule has 1 atom stereocenters. The summed E-state index contributed by atoms with van der Waals surface area (Å²) in [6.07, 6.45) is 96.8. The summed E-state index contributed by atoms with van der Waals surface area (Å²) in [5, 5.41) is 0. The van der Waals surface area contributed by atoms with E-state index in [0.29, 0.717) is 19.3 Å². The molecule has 0 N–H and O–H groups in total. The van der Waals surface area contributed by atoms with Crippen molar-refractivity contribution in [3.63, 3.8) is 0 Å². The average Bonchev–Trinajstić information content (AvgIpc) is 3.48. The average molecular weight is 1150 g/mol. The Kier molecular flexibility index (Phi) is 67.2. The molecule has 1 unspecified atom stereocenters. The van der Waals surface area contributed by atoms with Gasteiger partial charge in [-0.3, -0.25) is 14.4 Å². The van der Waals surface area contributed by atoms with Gasteiger partial charge in [0, 0.05) is 19.3 Å². The van der Waals surface area contributed by atoms with Gasteiger partial charge in [0.2, 0.25) is 0 Å². The van der Waals surface area contributed by atoms with Crippen LogP contribution in [0, 0.1) is 0 Å². The first-order valence-electron chi connectivity index (χ1n) is 35.4. The summed E-state index contributed by atoms with van der Waals surface area (Å²) < 4.78 is 17.0. The zero-order valence-corrected chi connectivity index (χ0v) is 54.7. The van der Waals surface area contributed by atoms with Crippen LogP contribution in [0.5, 0.6) is 0 Å². The highest BCUT2D eigenvalue weighted by Gasteiger charge is 2.19. The highest BCUT2D eigenvalue weighted by Crippen LogP contribution is 2.17. The number of carbonyl (C=O) groups excluding carboxylic acids is 3. The minimum absolute atomic E-state index is 0.0790. The standard InChI is InChI=1S/C77H132O6/c1-4-7-10-13-16-19-22-24-26-28-30-32-34-36-37-38-39-41-42-44-46-48-50-52-55-58-61-64-67-70-76(79)82-73-74(72-81-75(78)69-66-63-60-57-54-21-18-15-12-9-6-3)83-77(80)71-68-65-62-59-56-53-51-49-47-45-43-40-35-33-31-29-27-25-23-20-17-14-11-8-5-2/h7,10,16,19,23-26,29-32,36-37,39,41,44,46,74H,4-6,8-9,11-15,17-18,20-22,27-28,33-35,38,40,42-43,45,47-73H2,1-3H3/b10-7-,19-16-,25-23-,26-24-,31-29-,32-30-,37-36-,41-39-,46-44-. The zero-order valence-electron chi connectivity index (χ0n) is 54.7. The lowest BCUT2D eigenvalue weighted by Gasteiger charge is -2.18. The van der Waals surface area contributed by atoms with E-state index >= 15 is 0 Å². The molecule has 0 aromatic heterocycles. The van der Waals surface area contributed by atoms with Gasteiger partial charge in [0.1, 0.15) is 13.2 Å². The lowest BCUT2D eigenvalue weighted by Crippen LogP contribution is -2.30. The number of hydrogen-bond acceptors (Lipinski definition) is 6. The summed E-state index contributed by atoms with van der Waals surface area (Å²) in [5.41, 5.74) is 0. The summed E-state index contributed by atoms with van der Waals surface area (Å²) in [7, 11) is 0. The number of allylic oxidation sites excluding steroid dienone is 18. The van der Waals surface area contributed by atoms with Crippen molar-refractivity contribution in [1.29, 1.82) is 0 Å². The monoisotopic (exact) mass is 1150 g/mol. The first-order valence-corrected chi connectivity index (χ1v) is 35.4. The van der Waals surface area contributed by atoms with Crippen molar-refractivity contribution in [2.75, 3.05) is 13.2 Å². The number of hydrogen-bond donors (Lipinski definition) is 0. The fraction of sp³-hybridized carbons (Fsp3) is 0.727. The van der Waals surface area contributed by atoms with Crippen LogP contribution in [0.15, 0.2) is 109 Å². The van der Waals surface area contributed by atoms with Gasteiger partial charge in [-0.1, -0.05) is 323 Å². The van der Waals surface area contributed by atoms with Gasteiger partial charge in [-0.15, -0.1) is 0 Å². The molecule has 0 aliphatic heterocycles. The van der Waals surface area contributed by atoms with Crippen LogP contribution < -0.4 is 0 Å². The molecule has 476 valence electrons. The highest BCUT2D eigenvalue weighted by molar-refractivity contribution is 5.71. The van der Waals surface area contributed by atoms with Crippen LogP contribution in [0.3, 0.4) is 0 Å². The summed E-state index contributed by atoms with van der Waals surface area (Å²) in [5.74, 6) is -0.879. The fourth-order valence-electron chi connectivity index (χ4n) is 9.99. The Balaban J connectivity index is 4.27. The van der Waals surface area contributed by atoms with E-state index in [1.807, 2.05) is 0 Å². The van der Waals surface area contributed by atoms with Crippen LogP contribution in [0.25, 0.3) is 0 Å². The zero-order chi connectivity index (χ0) is 59.9. The molecule has 6 heteroatoms. The lowest BCUT2D eigenvalue weighted by molar-refractivity contribution is -0.167. The van der Waals surface area contributed by atoms with Gasteiger partial charge in [0.05, 0.1) is 0 Å². The van der Waals surface area contributed by atoms with E-state index in [9.17, 15) is 14.4 Å². The van der Waals surface area contributed by atoms with Gasteiger partial charge in [-0.25, -0.2) is 0 Å². The molecule has 0 amide bonds. The van der Waals surface area contributed by atoms with E-state index in [1.54, 1.807) is 0 Å². The molecule has 0 bridgehead atoms. The second-order valence-electron chi connectivity index (χ2n) is 23.4. The normalized spacial score (nSPS) is 12.8. The van der Waals surface area contributed by atoms with Crippen molar-refractivity contribution in [3.8, 4) is 0 Å². The molecule has 0 spiro atoms. The van der Waals surface area contributed by atoms with Gasteiger partial charge < -0.3 is 14.2 Å². The Labute approximate surface area is 514 Å². The summed E-state index contributed by atoms with van der Waals surface area (Å²) in [6.45, 7) is 6.53. The minimum Gasteiger partial charge on any atom is -0.462 e. The topological polar surface area (TPSA) is 78.9 Å². The van der Waals surface area contributed by atoms with Crippen molar-refractivity contribution >= 4 is 17.9 Å². The number of rotatable bonds is 64. The van der Waals surface area contributed by atoms with Crippen LogP contribution >= 0.6 is 0 Å². The van der Waals surface area contributed by atoms with Crippen molar-refractivity contribution < 1.29 is 28.6 Å². The highest BCUT2D eigenvalue weighted by atomic mass is 16.6. The minimum atomic E-state index is -0.784. The van der Waals surface area contributed by atoms with Gasteiger partial charge >= 0.3 is 17.9 Å². The Hall–Kier alpha value is -3.93. The van der Waals surface area contributed by atoms with Crippen molar-refractivity contribution in [1.82, 2.24) is 0 Å². The van der Waals surface area contributed by atoms with Gasteiger partial charge in [-0.05, 0) is 109 Å². The third-order valence-electron chi connectivity index (χ3n) is 15.3. The number of unbranched alkanes of at least 4 members (excludes halogenated alkanes) is 35. The van der Waals surface area contributed by atoms with Crippen LogP contribution in [-0.2, 0) is 28.6 Å². The Bertz CT molecular complexity index is 1660. The first-order chi connectivity index (χ1) is 41.0. The molecule has 0 aliphatic rings. The molecule has 0 radical (unpaired) electrons. The van der Waals surface area contributed by atoms with Crippen LogP contribution in [0.1, 0.15) is 342 Å². The number of esters is 3. The second-order valence-corrected chi connectivity index (χ2v) is 23.4. The summed E-state index contributed by atoms with van der Waals surface area (Å²) in [6, 6.07) is 0. The van der Waals surface area contributed by atoms with Crippen molar-refractivity contribution in [3.05, 3.63) is 109 Å². The smallest absolute Gasteiger partial charge is 0.306 e. The molecular weight excluding hydrogens is 1020 g/mol. The fourth-order valence-corrected chi connectivity index (χ4v) is 9.99. The van der Waals surface area contributed by atoms with Crippen LogP contribution in [0.4, 0.5) is 0 Å². The Morgan fingerprint density at radius 1 is 0.253 bits per heavy atom. The summed E-state index contributed by atoms with van der Waals surface area (Å²) in [4.78, 5) is 38.4. The SMILES string of the molecule is CC/C=C\C/C=C\C/C=C\C/C=C\C/C=C\C/C=C\C/C=C\CCCCCCCCCC(=O)OCC(COC(=O)CCCCCCCCCCCCC)OC(=O)CCCCCCCCCCCCCCC/C=C\C/C=C\CCCCCCC. The van der Waals surface area contributed by atoms with E-state index < -0.39 is 6.10 Å². The third kappa shape index (κ3) is 68.7. The van der Waals surface area contributed by atoms with E-state index in [0.717, 1.165) is 116 Å². The maximum Gasteiger partial charge on any atom is 0.306 e. The molecule has 0 fully saturated rings. The first kappa shape index (κ1) is 79.1. The molecule has 0 rings (SSSR count). The second kappa shape index (κ2) is 70.6. The predicted molar refractivity (Wildman–Crippen MR) is 362 cm³/mol. The van der Waals surface area contributed by atoms with Crippen LogP contribution in [0.2, 0.25) is 0 Å². The quantitative estimate of drug-likeness (QED) is 0.0261. The Morgan fingerprint density at radius 3 is 0.735 bits per heavy atom. The van der Waals surface area contributed by atoms with E-state index in [2.05, 4.69) is 130 Å². The molecular formula is C77H132O6. The molecule has 83 heavy (non-hydrogen) atoms. The number of ether oxygens (including phenoxy) is 3. The molecule has 0 aliphatic carbocycles. The summed E-state index contributed by atoms with van der Waals surface area (Å²) >= 11 is 0. The van der Waals surface area contributed by atoms with Gasteiger partial charge in [0.25, 0.3) is 0 Å². The largest absolute Gasteiger partial charge is 0.462 e. The van der Waals surface area contributed by atoms with Gasteiger partial charge in [-0.2, -0.15) is 0 Å². The van der Waals surface area contributed by atoms with Crippen LogP contribution in [-0.4, -0.2) is 37.2 Å².